The van der Waals surface area contributed by atoms with Gasteiger partial charge in [-0.1, -0.05) is 0 Å². The third-order valence-electron chi connectivity index (χ3n) is 12.9. The molecule has 1 unspecified atom stereocenters. The molecule has 1 atom stereocenters. The Morgan fingerprint density at radius 2 is 0.658 bits per heavy atom. The molecule has 0 radical (unpaired) electrons. The van der Waals surface area contributed by atoms with Crippen molar-refractivity contribution in [3.05, 3.63) is 148 Å². The van der Waals surface area contributed by atoms with Gasteiger partial charge in [-0.15, -0.1) is 0 Å². The van der Waals surface area contributed by atoms with Crippen molar-refractivity contribution in [3.8, 4) is 69.0 Å². The highest BCUT2D eigenvalue weighted by atomic mass is 16.5. The summed E-state index contributed by atoms with van der Waals surface area (Å²) in [6.45, 7) is 0. The molecular weight excluding hydrogens is 937 g/mol. The maximum Gasteiger partial charge on any atom is 0.203 e. The highest BCUT2D eigenvalue weighted by molar-refractivity contribution is 6.33. The van der Waals surface area contributed by atoms with Crippen molar-refractivity contribution < 1.29 is 61.9 Å². The zero-order valence-electron chi connectivity index (χ0n) is 42.4. The summed E-state index contributed by atoms with van der Waals surface area (Å²) >= 11 is 0. The van der Waals surface area contributed by atoms with Crippen molar-refractivity contribution in [2.45, 2.75) is 5.60 Å². The Kier molecular flexibility index (Phi) is 13.5. The van der Waals surface area contributed by atoms with Crippen LogP contribution >= 0.6 is 0 Å². The quantitative estimate of drug-likeness (QED) is 0.0956. The summed E-state index contributed by atoms with van der Waals surface area (Å²) in [4.78, 5) is 19.7. The molecule has 2 N–H and O–H groups in total. The molecule has 5 aromatic rings. The number of allylic oxidation sites excluding steroid dienone is 5. The summed E-state index contributed by atoms with van der Waals surface area (Å²) in [7, 11) is 18.5. The van der Waals surface area contributed by atoms with Crippen molar-refractivity contribution >= 4 is 33.9 Å². The summed E-state index contributed by atoms with van der Waals surface area (Å²) < 4.78 is 69.9. The first-order valence-corrected chi connectivity index (χ1v) is 22.7. The maximum absolute atomic E-state index is 13.8. The molecule has 17 heteroatoms. The van der Waals surface area contributed by atoms with Gasteiger partial charge in [0.2, 0.25) is 23.0 Å². The van der Waals surface area contributed by atoms with Crippen LogP contribution in [0.15, 0.2) is 129 Å². The fourth-order valence-electron chi connectivity index (χ4n) is 9.44. The molecule has 0 fully saturated rings. The largest absolute Gasteiger partial charge is 0.493 e. The smallest absolute Gasteiger partial charge is 0.203 e. The number of benzene rings is 4. The lowest BCUT2D eigenvalue weighted by Gasteiger charge is -2.29. The molecule has 4 aliphatic heterocycles. The van der Waals surface area contributed by atoms with Gasteiger partial charge in [0.1, 0.15) is 0 Å². The molecule has 73 heavy (non-hydrogen) atoms. The van der Waals surface area contributed by atoms with E-state index in [4.69, 9.17) is 71.8 Å². The summed E-state index contributed by atoms with van der Waals surface area (Å²) in [5.74, 6) is 4.66. The second kappa shape index (κ2) is 20.1. The van der Waals surface area contributed by atoms with Gasteiger partial charge in [-0.3, -0.25) is 0 Å². The number of rotatable bonds is 16. The molecule has 4 aromatic carbocycles. The van der Waals surface area contributed by atoms with Crippen molar-refractivity contribution in [2.24, 2.45) is 15.0 Å². The van der Waals surface area contributed by atoms with Crippen molar-refractivity contribution in [1.29, 1.82) is 0 Å². The number of ether oxygens (including phenoxy) is 12. The maximum atomic E-state index is 13.8. The Labute approximate surface area is 422 Å². The number of fused-ring (bicyclic) bond motifs is 5. The van der Waals surface area contributed by atoms with Crippen LogP contribution in [0.4, 0.5) is 0 Å². The molecule has 0 aliphatic carbocycles. The number of hydrogen-bond donors (Lipinski definition) is 2. The SMILES string of the molecule is COc1cc(/C2=C3\C=CC(=N3)C(O)(c3cc(OC)c(OC)c(OC)c3)C3=N/C(=C(/c4cc(OC)c(OC)c(OC)c4)c4ccc([nH]4)/C(c4cc(OC)c(OC)c(OC)c4)=C4/C=CC2=N4)C=C3)cc(OC)c1OC. The number of hydrogen-bond acceptors (Lipinski definition) is 16. The zero-order chi connectivity index (χ0) is 51.7. The van der Waals surface area contributed by atoms with E-state index in [1.54, 1.807) is 88.3 Å². The highest BCUT2D eigenvalue weighted by Crippen LogP contribution is 2.49. The van der Waals surface area contributed by atoms with Crippen molar-refractivity contribution in [1.82, 2.24) is 4.98 Å². The molecule has 0 saturated heterocycles. The first kappa shape index (κ1) is 49.2. The zero-order valence-corrected chi connectivity index (χ0v) is 42.4. The summed E-state index contributed by atoms with van der Waals surface area (Å²) in [6, 6.07) is 18.4. The number of nitrogens with zero attached hydrogens (tertiary/aromatic N) is 3. The van der Waals surface area contributed by atoms with Crippen LogP contribution in [0.25, 0.3) is 16.7 Å². The summed E-state index contributed by atoms with van der Waals surface area (Å²) in [5.41, 5.74) is 5.81. The summed E-state index contributed by atoms with van der Waals surface area (Å²) in [5, 5.41) is 13.8. The minimum Gasteiger partial charge on any atom is -0.493 e. The van der Waals surface area contributed by atoms with Crippen LogP contribution in [0.2, 0.25) is 0 Å². The molecule has 17 nitrogen and oxygen atoms in total. The van der Waals surface area contributed by atoms with Crippen LogP contribution in [0.3, 0.4) is 0 Å². The predicted molar refractivity (Wildman–Crippen MR) is 278 cm³/mol. The summed E-state index contributed by atoms with van der Waals surface area (Å²) in [6.07, 6.45) is 11.0. The first-order chi connectivity index (χ1) is 35.5. The van der Waals surface area contributed by atoms with Crippen LogP contribution in [0.1, 0.15) is 33.6 Å². The van der Waals surface area contributed by atoms with Crippen LogP contribution in [-0.4, -0.2) is 113 Å². The van der Waals surface area contributed by atoms with Crippen LogP contribution in [0.5, 0.6) is 69.0 Å². The Hall–Kier alpha value is -8.83. The molecular formula is C56H54N4O13. The highest BCUT2D eigenvalue weighted by Gasteiger charge is 2.44. The lowest BCUT2D eigenvalue weighted by Crippen LogP contribution is -2.41. The number of aliphatic hydroxyl groups is 1. The van der Waals surface area contributed by atoms with Gasteiger partial charge in [-0.05, 0) is 114 Å². The van der Waals surface area contributed by atoms with Gasteiger partial charge in [0.15, 0.2) is 51.6 Å². The lowest BCUT2D eigenvalue weighted by atomic mass is 9.83. The van der Waals surface area contributed by atoms with Crippen molar-refractivity contribution in [2.75, 3.05) is 85.3 Å². The second-order valence-corrected chi connectivity index (χ2v) is 16.4. The number of nitrogens with one attached hydrogen (secondary N) is 1. The number of aromatic nitrogens is 1. The standard InChI is InChI=1S/C56H54N4O13/c1-62-39-21-29(22-40(63-2)52(39)70-9)49-33-13-15-35(57-33)50(30-23-41(64-3)53(71-10)42(24-30)65-4)37-17-19-47(59-37)56(61,32-27-45(68-7)55(73-12)46(28-32)69-8)48-20-18-38(60-48)51(36-16-14-34(49)58-36)31-25-43(66-5)54(72-11)44(26-31)67-6/h13-28,57,61H,1-12H3/b49-34-,50-37-,51-38-. The minimum absolute atomic E-state index is 0.214. The predicted octanol–water partition coefficient (Wildman–Crippen LogP) is 8.98. The molecule has 9 rings (SSSR count). The fourth-order valence-corrected chi connectivity index (χ4v) is 9.44. The molecule has 0 spiro atoms. The van der Waals surface area contributed by atoms with E-state index in [0.717, 1.165) is 0 Å². The van der Waals surface area contributed by atoms with Crippen LogP contribution in [0, 0.1) is 0 Å². The van der Waals surface area contributed by atoms with Gasteiger partial charge >= 0.3 is 0 Å². The van der Waals surface area contributed by atoms with E-state index in [1.807, 2.05) is 72.8 Å². The van der Waals surface area contributed by atoms with E-state index < -0.39 is 5.60 Å². The second-order valence-electron chi connectivity index (χ2n) is 16.4. The number of methoxy groups -OCH3 is 12. The number of aromatic amines is 1. The van der Waals surface area contributed by atoms with Crippen LogP contribution < -0.4 is 56.8 Å². The first-order valence-electron chi connectivity index (χ1n) is 22.7. The van der Waals surface area contributed by atoms with Gasteiger partial charge in [0, 0.05) is 33.7 Å². The Morgan fingerprint density at radius 1 is 0.356 bits per heavy atom. The molecule has 0 saturated carbocycles. The topological polar surface area (TPSA) is 184 Å². The number of aliphatic imine (C=N–C) groups is 3. The van der Waals surface area contributed by atoms with Gasteiger partial charge in [0.25, 0.3) is 0 Å². The average Bonchev–Trinajstić information content (AvgIpc) is 4.29. The molecule has 376 valence electrons. The Morgan fingerprint density at radius 3 is 1.00 bits per heavy atom. The Balaban J connectivity index is 1.44. The fraction of sp³-hybridized carbons (Fsp3) is 0.232. The Bertz CT molecular complexity index is 3250. The molecule has 5 heterocycles. The lowest BCUT2D eigenvalue weighted by molar-refractivity contribution is 0.186. The van der Waals surface area contributed by atoms with Crippen LogP contribution in [-0.2, 0) is 5.60 Å². The molecule has 1 aromatic heterocycles. The van der Waals surface area contributed by atoms with E-state index in [-0.39, 0.29) is 11.4 Å². The minimum atomic E-state index is -2.07. The number of H-pyrrole nitrogens is 1. The van der Waals surface area contributed by atoms with Gasteiger partial charge < -0.3 is 66.9 Å². The van der Waals surface area contributed by atoms with E-state index in [0.29, 0.717) is 142 Å². The van der Waals surface area contributed by atoms with Gasteiger partial charge in [-0.25, -0.2) is 15.0 Å². The average molecular weight is 991 g/mol. The third-order valence-corrected chi connectivity index (χ3v) is 12.9. The third kappa shape index (κ3) is 8.26. The molecule has 0 amide bonds. The monoisotopic (exact) mass is 990 g/mol. The van der Waals surface area contributed by atoms with E-state index in [2.05, 4.69) is 4.98 Å². The molecule has 4 aliphatic rings. The van der Waals surface area contributed by atoms with E-state index >= 15 is 0 Å². The van der Waals surface area contributed by atoms with Gasteiger partial charge in [-0.2, -0.15) is 0 Å². The molecule has 8 bridgehead atoms. The van der Waals surface area contributed by atoms with E-state index in [9.17, 15) is 5.11 Å². The normalized spacial score (nSPS) is 19.5. The van der Waals surface area contributed by atoms with E-state index in [1.165, 1.54) is 21.3 Å². The van der Waals surface area contributed by atoms with Crippen molar-refractivity contribution in [3.63, 3.8) is 0 Å². The van der Waals surface area contributed by atoms with Gasteiger partial charge in [0.05, 0.1) is 120 Å².